The number of hydrogen-bond acceptors (Lipinski definition) is 1. The number of nitrogens with zero attached hydrogens (tertiary/aromatic N) is 1. The zero-order valence-corrected chi connectivity index (χ0v) is 11.4. The smallest absolute Gasteiger partial charge is 0.290 e. The molecule has 0 bridgehead atoms. The fraction of sp³-hybridized carbons (Fsp3) is 0.250. The summed E-state index contributed by atoms with van der Waals surface area (Å²) in [5.41, 5.74) is 3.30. The molecule has 1 aromatic heterocycles. The van der Waals surface area contributed by atoms with E-state index in [9.17, 15) is 4.79 Å². The van der Waals surface area contributed by atoms with E-state index in [1.165, 1.54) is 11.1 Å². The second kappa shape index (κ2) is 6.14. The lowest BCUT2D eigenvalue weighted by atomic mass is 10.1. The van der Waals surface area contributed by atoms with Gasteiger partial charge >= 0.3 is 0 Å². The van der Waals surface area contributed by atoms with Gasteiger partial charge in [-0.1, -0.05) is 19.1 Å². The zero-order valence-electron chi connectivity index (χ0n) is 11.4. The molecule has 1 amide bonds. The largest absolute Gasteiger partial charge is 0.321 e. The third-order valence-corrected chi connectivity index (χ3v) is 3.03. The average molecular weight is 255 g/mol. The molecule has 3 heteroatoms. The SMILES string of the molecule is CCc1ccc(NC(=O)C[n+]2ccc(C)cc2)cc1. The molecule has 1 aromatic carbocycles. The van der Waals surface area contributed by atoms with E-state index < -0.39 is 0 Å². The monoisotopic (exact) mass is 255 g/mol. The van der Waals surface area contributed by atoms with Crippen LogP contribution in [0.15, 0.2) is 48.8 Å². The molecular weight excluding hydrogens is 236 g/mol. The van der Waals surface area contributed by atoms with Gasteiger partial charge < -0.3 is 5.32 Å². The number of pyridine rings is 1. The van der Waals surface area contributed by atoms with E-state index in [0.29, 0.717) is 6.54 Å². The lowest BCUT2D eigenvalue weighted by molar-refractivity contribution is -0.684. The summed E-state index contributed by atoms with van der Waals surface area (Å²) in [6.07, 6.45) is 4.83. The molecule has 1 heterocycles. The van der Waals surface area contributed by atoms with E-state index in [1.54, 1.807) is 0 Å². The van der Waals surface area contributed by atoms with Crippen molar-refractivity contribution in [1.29, 1.82) is 0 Å². The molecule has 0 saturated carbocycles. The maximum atomic E-state index is 11.9. The van der Waals surface area contributed by atoms with Crippen molar-refractivity contribution in [2.75, 3.05) is 5.32 Å². The molecule has 0 aliphatic heterocycles. The number of aryl methyl sites for hydroxylation is 2. The van der Waals surface area contributed by atoms with Crippen LogP contribution in [0.4, 0.5) is 5.69 Å². The van der Waals surface area contributed by atoms with E-state index in [1.807, 2.05) is 60.3 Å². The van der Waals surface area contributed by atoms with Crippen LogP contribution in [0, 0.1) is 6.92 Å². The van der Waals surface area contributed by atoms with E-state index in [-0.39, 0.29) is 5.91 Å². The molecule has 0 aliphatic carbocycles. The Bertz CT molecular complexity index is 544. The molecule has 2 aromatic rings. The van der Waals surface area contributed by atoms with Crippen LogP contribution >= 0.6 is 0 Å². The quantitative estimate of drug-likeness (QED) is 0.837. The first-order valence-electron chi connectivity index (χ1n) is 6.52. The standard InChI is InChI=1S/C16H18N2O/c1-3-14-4-6-15(7-5-14)17-16(19)12-18-10-8-13(2)9-11-18/h4-11H,3,12H2,1-2H3/p+1. The summed E-state index contributed by atoms with van der Waals surface area (Å²) in [4.78, 5) is 11.9. The molecule has 0 unspecified atom stereocenters. The summed E-state index contributed by atoms with van der Waals surface area (Å²) in [6, 6.07) is 11.9. The predicted molar refractivity (Wildman–Crippen MR) is 75.8 cm³/mol. The lowest BCUT2D eigenvalue weighted by Crippen LogP contribution is -2.39. The van der Waals surface area contributed by atoms with Gasteiger partial charge in [-0.15, -0.1) is 0 Å². The fourth-order valence-electron chi connectivity index (χ4n) is 1.83. The molecule has 1 N–H and O–H groups in total. The maximum absolute atomic E-state index is 11.9. The summed E-state index contributed by atoms with van der Waals surface area (Å²) < 4.78 is 1.86. The first-order valence-corrected chi connectivity index (χ1v) is 6.52. The second-order valence-corrected chi connectivity index (χ2v) is 4.65. The molecule has 2 rings (SSSR count). The molecule has 0 spiro atoms. The molecule has 0 fully saturated rings. The van der Waals surface area contributed by atoms with Gasteiger partial charge in [0.15, 0.2) is 12.4 Å². The highest BCUT2D eigenvalue weighted by molar-refractivity contribution is 5.89. The minimum atomic E-state index is -0.0156. The van der Waals surface area contributed by atoms with Gasteiger partial charge in [-0.05, 0) is 36.6 Å². The Morgan fingerprint density at radius 2 is 1.74 bits per heavy atom. The van der Waals surface area contributed by atoms with Crippen LogP contribution in [0.2, 0.25) is 0 Å². The van der Waals surface area contributed by atoms with Crippen LogP contribution < -0.4 is 9.88 Å². The Morgan fingerprint density at radius 3 is 2.32 bits per heavy atom. The van der Waals surface area contributed by atoms with Gasteiger partial charge in [-0.2, -0.15) is 4.57 Å². The van der Waals surface area contributed by atoms with Crippen LogP contribution in [-0.4, -0.2) is 5.91 Å². The van der Waals surface area contributed by atoms with Gasteiger partial charge in [0.1, 0.15) is 0 Å². The summed E-state index contributed by atoms with van der Waals surface area (Å²) in [5, 5.41) is 2.90. The summed E-state index contributed by atoms with van der Waals surface area (Å²) in [7, 11) is 0. The minimum absolute atomic E-state index is 0.0156. The number of carbonyl (C=O) groups excluding carboxylic acids is 1. The Kier molecular flexibility index (Phi) is 4.29. The summed E-state index contributed by atoms with van der Waals surface area (Å²) in [5.74, 6) is -0.0156. The topological polar surface area (TPSA) is 33.0 Å². The third-order valence-electron chi connectivity index (χ3n) is 3.03. The van der Waals surface area contributed by atoms with Gasteiger partial charge in [-0.3, -0.25) is 4.79 Å². The first-order chi connectivity index (χ1) is 9.17. The number of aromatic nitrogens is 1. The maximum Gasteiger partial charge on any atom is 0.290 e. The Balaban J connectivity index is 1.95. The number of amides is 1. The van der Waals surface area contributed by atoms with E-state index in [0.717, 1.165) is 12.1 Å². The molecule has 0 atom stereocenters. The zero-order chi connectivity index (χ0) is 13.7. The Labute approximate surface area is 113 Å². The van der Waals surface area contributed by atoms with Crippen molar-refractivity contribution in [3.63, 3.8) is 0 Å². The van der Waals surface area contributed by atoms with Crippen molar-refractivity contribution in [2.24, 2.45) is 0 Å². The van der Waals surface area contributed by atoms with Crippen molar-refractivity contribution in [2.45, 2.75) is 26.8 Å². The van der Waals surface area contributed by atoms with Crippen LogP contribution in [0.3, 0.4) is 0 Å². The molecular formula is C16H19N2O+. The van der Waals surface area contributed by atoms with Crippen molar-refractivity contribution in [3.8, 4) is 0 Å². The number of anilines is 1. The van der Waals surface area contributed by atoms with Crippen molar-refractivity contribution < 1.29 is 9.36 Å². The average Bonchev–Trinajstić information content (AvgIpc) is 2.42. The lowest BCUT2D eigenvalue weighted by Gasteiger charge is -2.04. The Morgan fingerprint density at radius 1 is 1.11 bits per heavy atom. The number of rotatable bonds is 4. The third kappa shape index (κ3) is 3.91. The molecule has 0 saturated heterocycles. The van der Waals surface area contributed by atoms with Gasteiger partial charge in [0.25, 0.3) is 5.91 Å². The van der Waals surface area contributed by atoms with Gasteiger partial charge in [-0.25, -0.2) is 0 Å². The summed E-state index contributed by atoms with van der Waals surface area (Å²) >= 11 is 0. The van der Waals surface area contributed by atoms with E-state index in [4.69, 9.17) is 0 Å². The van der Waals surface area contributed by atoms with Crippen LogP contribution in [0.25, 0.3) is 0 Å². The normalized spacial score (nSPS) is 10.2. The van der Waals surface area contributed by atoms with Crippen molar-refractivity contribution in [1.82, 2.24) is 0 Å². The first kappa shape index (κ1) is 13.3. The fourth-order valence-corrected chi connectivity index (χ4v) is 1.83. The molecule has 19 heavy (non-hydrogen) atoms. The molecule has 98 valence electrons. The molecule has 0 aliphatic rings. The molecule has 3 nitrogen and oxygen atoms in total. The van der Waals surface area contributed by atoms with Gasteiger partial charge in [0.05, 0.1) is 0 Å². The number of benzene rings is 1. The summed E-state index contributed by atoms with van der Waals surface area (Å²) in [6.45, 7) is 4.47. The number of carbonyl (C=O) groups is 1. The molecule has 0 radical (unpaired) electrons. The number of hydrogen-bond donors (Lipinski definition) is 1. The second-order valence-electron chi connectivity index (χ2n) is 4.65. The van der Waals surface area contributed by atoms with Gasteiger partial charge in [0.2, 0.25) is 6.54 Å². The minimum Gasteiger partial charge on any atom is -0.321 e. The van der Waals surface area contributed by atoms with Crippen molar-refractivity contribution in [3.05, 3.63) is 59.9 Å². The highest BCUT2D eigenvalue weighted by Crippen LogP contribution is 2.09. The van der Waals surface area contributed by atoms with Crippen LogP contribution in [-0.2, 0) is 17.8 Å². The predicted octanol–water partition coefficient (Wildman–Crippen LogP) is 2.48. The Hall–Kier alpha value is -2.16. The van der Waals surface area contributed by atoms with Crippen LogP contribution in [0.5, 0.6) is 0 Å². The van der Waals surface area contributed by atoms with Crippen molar-refractivity contribution >= 4 is 11.6 Å². The van der Waals surface area contributed by atoms with Crippen LogP contribution in [0.1, 0.15) is 18.1 Å². The number of nitrogens with one attached hydrogen (secondary N) is 1. The highest BCUT2D eigenvalue weighted by Gasteiger charge is 2.08. The highest BCUT2D eigenvalue weighted by atomic mass is 16.1. The van der Waals surface area contributed by atoms with E-state index >= 15 is 0 Å². The van der Waals surface area contributed by atoms with E-state index in [2.05, 4.69) is 12.2 Å². The van der Waals surface area contributed by atoms with Gasteiger partial charge in [0, 0.05) is 17.8 Å².